The first-order valence-electron chi connectivity index (χ1n) is 3.71. The number of thiol groups is 1. The van der Waals surface area contributed by atoms with Gasteiger partial charge in [0.15, 0.2) is 0 Å². The van der Waals surface area contributed by atoms with Crippen molar-refractivity contribution < 1.29 is 0 Å². The third-order valence-electron chi connectivity index (χ3n) is 1.41. The second kappa shape index (κ2) is 3.78. The number of hydrogen-bond acceptors (Lipinski definition) is 4. The highest BCUT2D eigenvalue weighted by molar-refractivity contribution is 7.88. The third kappa shape index (κ3) is 2.83. The van der Waals surface area contributed by atoms with Crippen molar-refractivity contribution in [1.82, 2.24) is 0 Å². The van der Waals surface area contributed by atoms with E-state index >= 15 is 0 Å². The summed E-state index contributed by atoms with van der Waals surface area (Å²) >= 11 is 9.61. The first-order valence-corrected chi connectivity index (χ1v) is 6.72. The van der Waals surface area contributed by atoms with Gasteiger partial charge in [0, 0.05) is 5.56 Å². The van der Waals surface area contributed by atoms with E-state index in [1.54, 1.807) is 20.7 Å². The van der Waals surface area contributed by atoms with Gasteiger partial charge in [-0.25, -0.2) is 0 Å². The summed E-state index contributed by atoms with van der Waals surface area (Å²) in [6.45, 7) is 6.66. The fourth-order valence-electron chi connectivity index (χ4n) is 0.943. The van der Waals surface area contributed by atoms with Gasteiger partial charge < -0.3 is 0 Å². The van der Waals surface area contributed by atoms with Crippen LogP contribution in [0.3, 0.4) is 0 Å². The zero-order chi connectivity index (χ0) is 9.35. The van der Waals surface area contributed by atoms with Crippen LogP contribution in [0.2, 0.25) is 0 Å². The van der Waals surface area contributed by atoms with Crippen molar-refractivity contribution in [3.8, 4) is 0 Å². The van der Waals surface area contributed by atoms with Crippen LogP contribution in [-0.4, -0.2) is 0 Å². The summed E-state index contributed by atoms with van der Waals surface area (Å²) in [4.78, 5) is 0. The van der Waals surface area contributed by atoms with E-state index in [2.05, 4.69) is 33.4 Å². The summed E-state index contributed by atoms with van der Waals surface area (Å²) in [5.74, 6) is 0. The molecule has 0 saturated carbocycles. The first-order chi connectivity index (χ1) is 5.40. The SMILES string of the molecule is CC(C)(C)Cc1c(S)ssc1=S. The Morgan fingerprint density at radius 1 is 1.33 bits per heavy atom. The molecule has 0 aromatic carbocycles. The molecule has 0 aliphatic carbocycles. The topological polar surface area (TPSA) is 0 Å². The Balaban J connectivity index is 2.96. The van der Waals surface area contributed by atoms with Crippen molar-refractivity contribution in [2.75, 3.05) is 0 Å². The molecule has 0 spiro atoms. The van der Waals surface area contributed by atoms with Crippen LogP contribution in [0.4, 0.5) is 0 Å². The molecular weight excluding hydrogens is 224 g/mol. The molecule has 0 saturated heterocycles. The van der Waals surface area contributed by atoms with E-state index in [1.165, 1.54) is 5.56 Å². The molecule has 1 heterocycles. The molecule has 0 atom stereocenters. The van der Waals surface area contributed by atoms with E-state index in [-0.39, 0.29) is 0 Å². The fraction of sp³-hybridized carbons (Fsp3) is 0.625. The van der Waals surface area contributed by atoms with Gasteiger partial charge in [0.25, 0.3) is 0 Å². The maximum absolute atomic E-state index is 5.22. The lowest BCUT2D eigenvalue weighted by molar-refractivity contribution is 0.409. The molecule has 0 bridgehead atoms. The predicted molar refractivity (Wildman–Crippen MR) is 63.4 cm³/mol. The molecule has 1 rings (SSSR count). The largest absolute Gasteiger partial charge is 0.132 e. The van der Waals surface area contributed by atoms with E-state index in [4.69, 9.17) is 12.2 Å². The second-order valence-corrected chi connectivity index (χ2v) is 7.54. The number of hydrogen-bond donors (Lipinski definition) is 1. The second-order valence-electron chi connectivity index (χ2n) is 3.98. The Morgan fingerprint density at radius 2 is 1.92 bits per heavy atom. The van der Waals surface area contributed by atoms with E-state index in [0.717, 1.165) is 14.5 Å². The van der Waals surface area contributed by atoms with Crippen LogP contribution in [0.1, 0.15) is 26.3 Å². The summed E-state index contributed by atoms with van der Waals surface area (Å²) in [6.07, 6.45) is 1.03. The van der Waals surface area contributed by atoms with Crippen LogP contribution in [-0.2, 0) is 6.42 Å². The molecule has 1 aromatic heterocycles. The minimum absolute atomic E-state index is 0.304. The van der Waals surface area contributed by atoms with Crippen LogP contribution >= 0.6 is 45.5 Å². The van der Waals surface area contributed by atoms with Crippen molar-refractivity contribution in [1.29, 1.82) is 0 Å². The smallest absolute Gasteiger partial charge is 0.106 e. The number of rotatable bonds is 1. The van der Waals surface area contributed by atoms with Crippen LogP contribution in [0.5, 0.6) is 0 Å². The van der Waals surface area contributed by atoms with Crippen molar-refractivity contribution in [2.24, 2.45) is 5.41 Å². The van der Waals surface area contributed by atoms with Gasteiger partial charge in [0.2, 0.25) is 0 Å². The summed E-state index contributed by atoms with van der Waals surface area (Å²) in [7, 11) is 3.33. The van der Waals surface area contributed by atoms with Gasteiger partial charge in [-0.15, -0.1) is 12.6 Å². The average molecular weight is 236 g/mol. The molecular formula is C8H12S4. The molecule has 4 heteroatoms. The van der Waals surface area contributed by atoms with Gasteiger partial charge in [0.05, 0.1) is 4.21 Å². The van der Waals surface area contributed by atoms with E-state index in [0.29, 0.717) is 5.41 Å². The fourth-order valence-corrected chi connectivity index (χ4v) is 4.00. The highest BCUT2D eigenvalue weighted by Gasteiger charge is 2.15. The highest BCUT2D eigenvalue weighted by atomic mass is 32.9. The molecule has 0 N–H and O–H groups in total. The zero-order valence-corrected chi connectivity index (χ0v) is 10.7. The van der Waals surface area contributed by atoms with Crippen LogP contribution in [0.15, 0.2) is 4.21 Å². The standard InChI is InChI=1S/C8H12S4/c1-8(2,3)4-5-6(9)11-12-7(5)10/h9H,4H2,1-3H3. The molecule has 0 nitrogen and oxygen atoms in total. The molecule has 0 aliphatic heterocycles. The van der Waals surface area contributed by atoms with Gasteiger partial charge >= 0.3 is 0 Å². The quantitative estimate of drug-likeness (QED) is 0.428. The Bertz CT molecular complexity index is 313. The summed E-state index contributed by atoms with van der Waals surface area (Å²) in [6, 6.07) is 0. The summed E-state index contributed by atoms with van der Waals surface area (Å²) < 4.78 is 2.11. The highest BCUT2D eigenvalue weighted by Crippen LogP contribution is 2.32. The molecule has 1 aromatic rings. The monoisotopic (exact) mass is 236 g/mol. The van der Waals surface area contributed by atoms with E-state index < -0.39 is 0 Å². The van der Waals surface area contributed by atoms with Crippen LogP contribution < -0.4 is 0 Å². The average Bonchev–Trinajstić information content (AvgIpc) is 2.16. The first kappa shape index (κ1) is 10.7. The lowest BCUT2D eigenvalue weighted by Crippen LogP contribution is -2.08. The normalized spacial score (nSPS) is 12.0. The molecule has 0 fully saturated rings. The Hall–Kier alpha value is 0.620. The van der Waals surface area contributed by atoms with E-state index in [1.807, 2.05) is 0 Å². The zero-order valence-electron chi connectivity index (χ0n) is 7.38. The molecule has 0 aliphatic rings. The summed E-state index contributed by atoms with van der Waals surface area (Å²) in [5.41, 5.74) is 1.56. The predicted octanol–water partition coefficient (Wildman–Crippen LogP) is 4.42. The van der Waals surface area contributed by atoms with Crippen molar-refractivity contribution in [3.63, 3.8) is 0 Å². The third-order valence-corrected chi connectivity index (χ3v) is 5.27. The van der Waals surface area contributed by atoms with Crippen molar-refractivity contribution in [2.45, 2.75) is 31.4 Å². The molecule has 12 heavy (non-hydrogen) atoms. The maximum Gasteiger partial charge on any atom is 0.106 e. The Kier molecular flexibility index (Phi) is 3.37. The van der Waals surface area contributed by atoms with Gasteiger partial charge in [-0.05, 0) is 11.8 Å². The van der Waals surface area contributed by atoms with Crippen LogP contribution in [0, 0.1) is 9.24 Å². The van der Waals surface area contributed by atoms with Crippen molar-refractivity contribution in [3.05, 3.63) is 9.39 Å². The summed E-state index contributed by atoms with van der Waals surface area (Å²) in [5, 5.41) is 0. The van der Waals surface area contributed by atoms with Gasteiger partial charge in [-0.1, -0.05) is 53.7 Å². The van der Waals surface area contributed by atoms with Crippen molar-refractivity contribution >= 4 is 45.5 Å². The molecule has 0 radical (unpaired) electrons. The van der Waals surface area contributed by atoms with E-state index in [9.17, 15) is 0 Å². The van der Waals surface area contributed by atoms with Gasteiger partial charge in [0.1, 0.15) is 3.82 Å². The Morgan fingerprint density at radius 3 is 2.25 bits per heavy atom. The molecule has 0 unspecified atom stereocenters. The lowest BCUT2D eigenvalue weighted by atomic mass is 9.90. The lowest BCUT2D eigenvalue weighted by Gasteiger charge is -2.16. The Labute approximate surface area is 91.4 Å². The van der Waals surface area contributed by atoms with Gasteiger partial charge in [-0.2, -0.15) is 0 Å². The maximum atomic E-state index is 5.22. The molecule has 68 valence electrons. The van der Waals surface area contributed by atoms with Crippen LogP contribution in [0.25, 0.3) is 0 Å². The minimum atomic E-state index is 0.304. The molecule has 0 amide bonds. The minimum Gasteiger partial charge on any atom is -0.132 e. The van der Waals surface area contributed by atoms with Gasteiger partial charge in [-0.3, -0.25) is 0 Å².